The number of aliphatic carboxylic acids is 1. The second-order valence-corrected chi connectivity index (χ2v) is 11.6. The summed E-state index contributed by atoms with van der Waals surface area (Å²) in [5.74, 6) is -1.76. The van der Waals surface area contributed by atoms with Crippen molar-refractivity contribution in [3.8, 4) is 0 Å². The van der Waals surface area contributed by atoms with Gasteiger partial charge in [-0.1, -0.05) is 16.9 Å². The Labute approximate surface area is 238 Å². The number of oxime groups is 1. The van der Waals surface area contributed by atoms with Crippen LogP contribution < -0.4 is 16.6 Å². The minimum Gasteiger partial charge on any atom is -0.477 e. The number of carbonyl (C=O) groups excluding carboxylic acids is 2. The lowest BCUT2D eigenvalue weighted by atomic mass is 9.99. The van der Waals surface area contributed by atoms with Crippen LogP contribution in [0.2, 0.25) is 0 Å². The van der Waals surface area contributed by atoms with Crippen LogP contribution in [-0.4, -0.2) is 78.0 Å². The third-order valence-electron chi connectivity index (χ3n) is 5.92. The molecule has 1 unspecified atom stereocenters. The van der Waals surface area contributed by atoms with Crippen LogP contribution in [-0.2, 0) is 25.6 Å². The van der Waals surface area contributed by atoms with E-state index >= 15 is 0 Å². The number of nitrogens with two attached hydrogens (primary N) is 1. The normalized spacial score (nSPS) is 19.6. The van der Waals surface area contributed by atoms with Gasteiger partial charge in [0.1, 0.15) is 40.7 Å². The van der Waals surface area contributed by atoms with E-state index in [2.05, 4.69) is 25.4 Å². The average molecular weight is 604 g/mol. The number of thiazole rings is 1. The van der Waals surface area contributed by atoms with Crippen LogP contribution in [0.4, 0.5) is 5.13 Å². The highest BCUT2D eigenvalue weighted by Gasteiger charge is 2.55. The number of β-lactam (4-membered cyclic amide) rings is 1. The van der Waals surface area contributed by atoms with Gasteiger partial charge in [0, 0.05) is 28.9 Å². The number of nitrogens with one attached hydrogen (secondary N) is 2. The van der Waals surface area contributed by atoms with Crippen molar-refractivity contribution in [1.82, 2.24) is 25.2 Å². The Morgan fingerprint density at radius 2 is 2.27 bits per heavy atom. The first-order valence-electron chi connectivity index (χ1n) is 11.5. The van der Waals surface area contributed by atoms with Gasteiger partial charge < -0.3 is 30.4 Å². The number of carbonyl (C=O) groups is 3. The fourth-order valence-corrected chi connectivity index (χ4v) is 7.44. The molecular formula is C23H21N7O7S3. The van der Waals surface area contributed by atoms with Gasteiger partial charge >= 0.3 is 5.97 Å². The molecule has 0 spiro atoms. The van der Waals surface area contributed by atoms with Crippen molar-refractivity contribution in [2.24, 2.45) is 5.16 Å². The van der Waals surface area contributed by atoms with Gasteiger partial charge in [0.05, 0.1) is 12.6 Å². The number of aromatic amines is 1. The molecule has 2 aliphatic heterocycles. The molecule has 40 heavy (non-hydrogen) atoms. The zero-order chi connectivity index (χ0) is 28.4. The molecule has 0 bridgehead atoms. The summed E-state index contributed by atoms with van der Waals surface area (Å²) in [7, 11) is 1.26. The second kappa shape index (κ2) is 11.6. The smallest absolute Gasteiger partial charge is 0.352 e. The van der Waals surface area contributed by atoms with Gasteiger partial charge in [-0.25, -0.2) is 14.8 Å². The van der Waals surface area contributed by atoms with Crippen molar-refractivity contribution in [3.05, 3.63) is 69.2 Å². The Bertz CT molecular complexity index is 1570. The monoisotopic (exact) mass is 603 g/mol. The molecule has 208 valence electrons. The summed E-state index contributed by atoms with van der Waals surface area (Å²) in [6.45, 7) is 0. The van der Waals surface area contributed by atoms with Gasteiger partial charge in [-0.2, -0.15) is 0 Å². The first-order chi connectivity index (χ1) is 19.3. The first-order valence-corrected chi connectivity index (χ1v) is 14.4. The van der Waals surface area contributed by atoms with Gasteiger partial charge in [0.25, 0.3) is 17.4 Å². The molecule has 2 aliphatic rings. The highest BCUT2D eigenvalue weighted by Crippen LogP contribution is 2.44. The van der Waals surface area contributed by atoms with E-state index in [0.717, 1.165) is 11.3 Å². The molecule has 0 aliphatic carbocycles. The van der Waals surface area contributed by atoms with Crippen molar-refractivity contribution in [2.45, 2.75) is 28.1 Å². The number of nitrogens with zero attached hydrogens (tertiary/aromatic N) is 4. The van der Waals surface area contributed by atoms with E-state index in [9.17, 15) is 24.3 Å². The summed E-state index contributed by atoms with van der Waals surface area (Å²) in [4.78, 5) is 67.2. The molecule has 2 amide bonds. The summed E-state index contributed by atoms with van der Waals surface area (Å²) in [6, 6.07) is 3.79. The Morgan fingerprint density at radius 3 is 2.92 bits per heavy atom. The van der Waals surface area contributed by atoms with Crippen molar-refractivity contribution in [2.75, 3.05) is 18.6 Å². The lowest BCUT2D eigenvalue weighted by Crippen LogP contribution is -2.71. The van der Waals surface area contributed by atoms with Crippen molar-refractivity contribution in [1.29, 1.82) is 0 Å². The topological polar surface area (TPSA) is 206 Å². The van der Waals surface area contributed by atoms with E-state index in [1.54, 1.807) is 12.1 Å². The highest BCUT2D eigenvalue weighted by molar-refractivity contribution is 8.01. The lowest BCUT2D eigenvalue weighted by molar-refractivity contribution is -0.150. The Morgan fingerprint density at radius 1 is 1.45 bits per heavy atom. The number of nitrogen functional groups attached to an aromatic ring is 1. The minimum atomic E-state index is -1.29. The third kappa shape index (κ3) is 5.47. The van der Waals surface area contributed by atoms with E-state index in [1.165, 1.54) is 59.6 Å². The number of aromatic nitrogens is 3. The predicted molar refractivity (Wildman–Crippen MR) is 147 cm³/mol. The third-order valence-corrected chi connectivity index (χ3v) is 9.10. The van der Waals surface area contributed by atoms with E-state index < -0.39 is 34.4 Å². The van der Waals surface area contributed by atoms with E-state index in [1.807, 2.05) is 0 Å². The number of hydrogen-bond donors (Lipinski definition) is 4. The maximum Gasteiger partial charge on any atom is 0.352 e. The van der Waals surface area contributed by atoms with Crippen LogP contribution >= 0.6 is 34.9 Å². The Kier molecular flexibility index (Phi) is 7.95. The maximum absolute atomic E-state index is 13.3. The number of carboxylic acid groups (broad SMARTS) is 1. The Hall–Kier alpha value is -4.09. The lowest BCUT2D eigenvalue weighted by Gasteiger charge is -2.50. The summed E-state index contributed by atoms with van der Waals surface area (Å²) >= 11 is 3.62. The average Bonchev–Trinajstić information content (AvgIpc) is 3.60. The van der Waals surface area contributed by atoms with Crippen LogP contribution in [0.5, 0.6) is 0 Å². The molecular weight excluding hydrogens is 582 g/mol. The number of hydrogen-bond acceptors (Lipinski definition) is 13. The number of thioether (sulfide) groups is 2. The van der Waals surface area contributed by atoms with Gasteiger partial charge in [0.2, 0.25) is 0 Å². The molecule has 0 saturated carbocycles. The summed E-state index contributed by atoms with van der Waals surface area (Å²) < 4.78 is 5.50. The summed E-state index contributed by atoms with van der Waals surface area (Å²) in [5, 5.41) is 17.5. The van der Waals surface area contributed by atoms with Crippen LogP contribution in [0.3, 0.4) is 0 Å². The number of anilines is 1. The fourth-order valence-electron chi connectivity index (χ4n) is 4.20. The largest absolute Gasteiger partial charge is 0.477 e. The molecule has 5 rings (SSSR count). The van der Waals surface area contributed by atoms with Gasteiger partial charge in [0.15, 0.2) is 10.8 Å². The van der Waals surface area contributed by atoms with E-state index in [0.29, 0.717) is 22.8 Å². The molecule has 0 aromatic carbocycles. The molecule has 5 heterocycles. The number of H-pyrrole nitrogens is 1. The van der Waals surface area contributed by atoms with Gasteiger partial charge in [-0.05, 0) is 17.7 Å². The second-order valence-electron chi connectivity index (χ2n) is 8.37. The van der Waals surface area contributed by atoms with Crippen LogP contribution in [0.15, 0.2) is 66.8 Å². The van der Waals surface area contributed by atoms with E-state index in [4.69, 9.17) is 15.0 Å². The maximum atomic E-state index is 13.3. The van der Waals surface area contributed by atoms with Crippen molar-refractivity contribution >= 4 is 63.5 Å². The van der Waals surface area contributed by atoms with Gasteiger partial charge in [-0.3, -0.25) is 19.3 Å². The van der Waals surface area contributed by atoms with Crippen LogP contribution in [0, 0.1) is 0 Å². The number of furan rings is 1. The molecule has 3 aromatic rings. The molecule has 1 saturated heterocycles. The Balaban J connectivity index is 1.42. The molecule has 1 fully saturated rings. The molecule has 3 aromatic heterocycles. The zero-order valence-corrected chi connectivity index (χ0v) is 23.0. The highest BCUT2D eigenvalue weighted by atomic mass is 32.2. The summed E-state index contributed by atoms with van der Waals surface area (Å²) in [5.41, 5.74) is 5.62. The number of fused-ring (bicyclic) bond motifs is 1. The quantitative estimate of drug-likeness (QED) is 0.0838. The molecule has 17 heteroatoms. The van der Waals surface area contributed by atoms with Gasteiger partial charge in [-0.15, -0.1) is 23.1 Å². The molecule has 0 radical (unpaired) electrons. The standard InChI is InChI=1S/C23H21N7O7S3/c1-36-29-16(12-8-39-23(24)27-12)19(32)28-17-20(33)30-18(22(34)35)11(7-38-21(17)30)13(5-10-3-2-4-37-10)40-15-6-14(31)25-9-26-15/h2-4,6,8-9,13,17,21H,5,7H2,1H3,(H2,24,27)(H,28,32)(H,34,35)(H,25,26,31)/t13?,17-,21+/m1/s1. The SMILES string of the molecule is CON=C(C(=O)N[C@@H]1C(=O)N2C(C(=O)O)=C(C(Cc3ccco3)Sc3cc(=O)[nH]cn3)CS[C@@H]12)c1csc(N)n1. The number of rotatable bonds is 10. The minimum absolute atomic E-state index is 0.169. The molecule has 5 N–H and O–H groups in total. The molecule has 3 atom stereocenters. The fraction of sp³-hybridized carbons (Fsp3) is 0.261. The predicted octanol–water partition coefficient (Wildman–Crippen LogP) is 0.894. The zero-order valence-electron chi connectivity index (χ0n) is 20.6. The van der Waals surface area contributed by atoms with Crippen molar-refractivity contribution in [3.63, 3.8) is 0 Å². The van der Waals surface area contributed by atoms with Crippen LogP contribution in [0.25, 0.3) is 0 Å². The summed E-state index contributed by atoms with van der Waals surface area (Å²) in [6.07, 6.45) is 3.06. The van der Waals surface area contributed by atoms with E-state index in [-0.39, 0.29) is 33.5 Å². The van der Waals surface area contributed by atoms with Crippen molar-refractivity contribution < 1.29 is 28.7 Å². The molecule has 14 nitrogen and oxygen atoms in total. The first kappa shape index (κ1) is 27.5. The van der Waals surface area contributed by atoms with Crippen LogP contribution in [0.1, 0.15) is 11.5 Å². The number of amides is 2. The number of carboxylic acids is 1.